The molecular formula is C24H22N2O6S2. The second kappa shape index (κ2) is 9.78. The molecule has 0 amide bonds. The van der Waals surface area contributed by atoms with Gasteiger partial charge in [-0.15, -0.1) is 11.3 Å². The topological polar surface area (TPSA) is 96.2 Å². The molecule has 3 heterocycles. The van der Waals surface area contributed by atoms with Gasteiger partial charge < -0.3 is 14.2 Å². The number of esters is 2. The van der Waals surface area contributed by atoms with Crippen LogP contribution in [0, 0.1) is 0 Å². The van der Waals surface area contributed by atoms with Crippen LogP contribution in [0.25, 0.3) is 6.08 Å². The molecule has 4 rings (SSSR count). The molecule has 0 aliphatic carbocycles. The van der Waals surface area contributed by atoms with Gasteiger partial charge in [-0.2, -0.15) is 0 Å². The van der Waals surface area contributed by atoms with Crippen LogP contribution < -0.4 is 24.4 Å². The molecule has 8 nitrogen and oxygen atoms in total. The van der Waals surface area contributed by atoms with Crippen LogP contribution in [0.2, 0.25) is 0 Å². The standard InChI is InChI=1S/C24H22N2O6S2/c1-5-31-16-9-8-15(11-17(16)32-14(3)27)12-19-22(28)26-21(18-7-6-10-33-18)20(23(29)30-4)13(2)25-24(26)34-19/h6-12,21H,5H2,1-4H3. The minimum Gasteiger partial charge on any atom is -0.490 e. The van der Waals surface area contributed by atoms with Gasteiger partial charge in [-0.25, -0.2) is 9.79 Å². The predicted octanol–water partition coefficient (Wildman–Crippen LogP) is 2.79. The zero-order chi connectivity index (χ0) is 24.4. The van der Waals surface area contributed by atoms with Gasteiger partial charge >= 0.3 is 11.9 Å². The summed E-state index contributed by atoms with van der Waals surface area (Å²) in [5.41, 5.74) is 1.22. The Kier molecular flexibility index (Phi) is 6.80. The van der Waals surface area contributed by atoms with E-state index in [-0.39, 0.29) is 11.3 Å². The molecule has 176 valence electrons. The average molecular weight is 499 g/mol. The summed E-state index contributed by atoms with van der Waals surface area (Å²) in [6.07, 6.45) is 1.70. The molecule has 0 bridgehead atoms. The van der Waals surface area contributed by atoms with Gasteiger partial charge in [0, 0.05) is 11.8 Å². The molecule has 1 aliphatic heterocycles. The fraction of sp³-hybridized carbons (Fsp3) is 0.250. The Morgan fingerprint density at radius 1 is 1.24 bits per heavy atom. The quantitative estimate of drug-likeness (QED) is 0.383. The highest BCUT2D eigenvalue weighted by molar-refractivity contribution is 7.10. The Bertz CT molecular complexity index is 1460. The van der Waals surface area contributed by atoms with Crippen molar-refractivity contribution < 1.29 is 23.8 Å². The van der Waals surface area contributed by atoms with Crippen LogP contribution in [0.15, 0.2) is 56.8 Å². The van der Waals surface area contributed by atoms with E-state index >= 15 is 0 Å². The van der Waals surface area contributed by atoms with Crippen LogP contribution in [0.1, 0.15) is 37.3 Å². The summed E-state index contributed by atoms with van der Waals surface area (Å²) in [5, 5.41) is 1.89. The Balaban J connectivity index is 1.88. The zero-order valence-corrected chi connectivity index (χ0v) is 20.6. The van der Waals surface area contributed by atoms with E-state index in [1.807, 2.05) is 24.4 Å². The van der Waals surface area contributed by atoms with E-state index in [2.05, 4.69) is 4.99 Å². The number of carbonyl (C=O) groups excluding carboxylic acids is 2. The molecule has 0 saturated heterocycles. The lowest BCUT2D eigenvalue weighted by molar-refractivity contribution is -0.136. The number of allylic oxidation sites excluding steroid dienone is 1. The number of thiazole rings is 1. The molecule has 0 fully saturated rings. The molecule has 1 unspecified atom stereocenters. The molecule has 3 aromatic rings. The van der Waals surface area contributed by atoms with Crippen molar-refractivity contribution in [2.75, 3.05) is 13.7 Å². The van der Waals surface area contributed by atoms with Crippen molar-refractivity contribution in [3.05, 3.63) is 77.1 Å². The third-order valence-corrected chi connectivity index (χ3v) is 6.97. The summed E-state index contributed by atoms with van der Waals surface area (Å²) in [6.45, 7) is 5.30. The number of benzene rings is 1. The number of hydrogen-bond acceptors (Lipinski definition) is 9. The summed E-state index contributed by atoms with van der Waals surface area (Å²) in [6, 6.07) is 8.24. The maximum absolute atomic E-state index is 13.5. The number of aromatic nitrogens is 1. The summed E-state index contributed by atoms with van der Waals surface area (Å²) < 4.78 is 17.8. The fourth-order valence-electron chi connectivity index (χ4n) is 3.68. The molecule has 34 heavy (non-hydrogen) atoms. The maximum Gasteiger partial charge on any atom is 0.338 e. The number of methoxy groups -OCH3 is 1. The van der Waals surface area contributed by atoms with Crippen LogP contribution in [0.4, 0.5) is 0 Å². The molecule has 0 radical (unpaired) electrons. The Morgan fingerprint density at radius 3 is 2.68 bits per heavy atom. The lowest BCUT2D eigenvalue weighted by Crippen LogP contribution is -2.39. The van der Waals surface area contributed by atoms with E-state index in [9.17, 15) is 14.4 Å². The molecule has 1 aliphatic rings. The first-order valence-electron chi connectivity index (χ1n) is 10.4. The number of hydrogen-bond donors (Lipinski definition) is 0. The van der Waals surface area contributed by atoms with Crippen molar-refractivity contribution in [3.8, 4) is 11.5 Å². The minimum absolute atomic E-state index is 0.274. The molecule has 0 spiro atoms. The van der Waals surface area contributed by atoms with Gasteiger partial charge in [0.25, 0.3) is 5.56 Å². The summed E-state index contributed by atoms with van der Waals surface area (Å²) in [7, 11) is 1.31. The first-order chi connectivity index (χ1) is 16.3. The lowest BCUT2D eigenvalue weighted by Gasteiger charge is -2.22. The molecule has 1 aromatic carbocycles. The molecule has 2 aromatic heterocycles. The number of nitrogens with zero attached hydrogens (tertiary/aromatic N) is 2. The zero-order valence-electron chi connectivity index (χ0n) is 19.0. The number of thiophene rings is 1. The second-order valence-corrected chi connectivity index (χ2v) is 9.31. The van der Waals surface area contributed by atoms with Gasteiger partial charge in [0.2, 0.25) is 0 Å². The van der Waals surface area contributed by atoms with E-state index in [0.717, 1.165) is 4.88 Å². The summed E-state index contributed by atoms with van der Waals surface area (Å²) in [5.74, 6) is -0.283. The van der Waals surface area contributed by atoms with Gasteiger partial charge in [0.15, 0.2) is 16.3 Å². The highest BCUT2D eigenvalue weighted by atomic mass is 32.1. The molecule has 0 N–H and O–H groups in total. The number of carbonyl (C=O) groups is 2. The van der Waals surface area contributed by atoms with Gasteiger partial charge in [-0.3, -0.25) is 14.2 Å². The van der Waals surface area contributed by atoms with Crippen LogP contribution in [0.5, 0.6) is 11.5 Å². The number of ether oxygens (including phenoxy) is 3. The van der Waals surface area contributed by atoms with Crippen molar-refractivity contribution in [1.82, 2.24) is 4.57 Å². The third kappa shape index (κ3) is 4.46. The molecule has 0 saturated carbocycles. The van der Waals surface area contributed by atoms with Crippen molar-refractivity contribution >= 4 is 40.7 Å². The van der Waals surface area contributed by atoms with Crippen molar-refractivity contribution in [2.45, 2.75) is 26.8 Å². The molecule has 1 atom stereocenters. The van der Waals surface area contributed by atoms with Gasteiger partial charge in [-0.05, 0) is 49.1 Å². The normalized spacial score (nSPS) is 15.5. The number of fused-ring (bicyclic) bond motifs is 1. The van der Waals surface area contributed by atoms with Crippen molar-refractivity contribution in [1.29, 1.82) is 0 Å². The first-order valence-corrected chi connectivity index (χ1v) is 12.1. The van der Waals surface area contributed by atoms with E-state index in [0.29, 0.717) is 38.5 Å². The Morgan fingerprint density at radius 2 is 2.03 bits per heavy atom. The summed E-state index contributed by atoms with van der Waals surface area (Å²) >= 11 is 2.68. The van der Waals surface area contributed by atoms with Crippen LogP contribution in [-0.2, 0) is 14.3 Å². The van der Waals surface area contributed by atoms with E-state index in [1.165, 1.54) is 41.3 Å². The van der Waals surface area contributed by atoms with E-state index in [4.69, 9.17) is 14.2 Å². The summed E-state index contributed by atoms with van der Waals surface area (Å²) in [4.78, 5) is 43.5. The van der Waals surface area contributed by atoms with Gasteiger partial charge in [0.05, 0.1) is 29.5 Å². The van der Waals surface area contributed by atoms with E-state index < -0.39 is 18.0 Å². The fourth-order valence-corrected chi connectivity index (χ4v) is 5.55. The average Bonchev–Trinajstić information content (AvgIpc) is 3.43. The predicted molar refractivity (Wildman–Crippen MR) is 129 cm³/mol. The Hall–Kier alpha value is -3.50. The highest BCUT2D eigenvalue weighted by Crippen LogP contribution is 2.33. The highest BCUT2D eigenvalue weighted by Gasteiger charge is 2.33. The van der Waals surface area contributed by atoms with Crippen molar-refractivity contribution in [3.63, 3.8) is 0 Å². The lowest BCUT2D eigenvalue weighted by atomic mass is 10.0. The largest absolute Gasteiger partial charge is 0.490 e. The van der Waals surface area contributed by atoms with Crippen LogP contribution >= 0.6 is 22.7 Å². The van der Waals surface area contributed by atoms with Crippen LogP contribution in [-0.4, -0.2) is 30.2 Å². The second-order valence-electron chi connectivity index (χ2n) is 7.32. The maximum atomic E-state index is 13.5. The van der Waals surface area contributed by atoms with Gasteiger partial charge in [-0.1, -0.05) is 23.5 Å². The van der Waals surface area contributed by atoms with E-state index in [1.54, 1.807) is 31.2 Å². The van der Waals surface area contributed by atoms with Gasteiger partial charge in [0.1, 0.15) is 6.04 Å². The first kappa shape index (κ1) is 23.7. The Labute approximate surface area is 203 Å². The monoisotopic (exact) mass is 498 g/mol. The van der Waals surface area contributed by atoms with Crippen molar-refractivity contribution in [2.24, 2.45) is 4.99 Å². The number of rotatable bonds is 6. The molecular weight excluding hydrogens is 476 g/mol. The third-order valence-electron chi connectivity index (χ3n) is 5.06. The smallest absolute Gasteiger partial charge is 0.338 e. The minimum atomic E-state index is -0.622. The SMILES string of the molecule is CCOc1ccc(C=c2sc3n(c2=O)C(c2cccs2)C(C(=O)OC)=C(C)N=3)cc1OC(C)=O. The van der Waals surface area contributed by atoms with Crippen LogP contribution in [0.3, 0.4) is 0 Å². The molecule has 10 heteroatoms.